The first kappa shape index (κ1) is 18.0. The van der Waals surface area contributed by atoms with Crippen molar-refractivity contribution in [1.82, 2.24) is 10.2 Å². The van der Waals surface area contributed by atoms with Crippen LogP contribution in [-0.4, -0.2) is 60.8 Å². The van der Waals surface area contributed by atoms with Crippen LogP contribution in [0.25, 0.3) is 0 Å². The number of nitrogens with zero attached hydrogens (tertiary/aromatic N) is 1. The van der Waals surface area contributed by atoms with Crippen LogP contribution in [0.2, 0.25) is 0 Å². The Bertz CT molecular complexity index is 593. The number of nitrogens with one attached hydrogen (secondary N) is 2. The Morgan fingerprint density at radius 3 is 2.88 bits per heavy atom. The number of anilines is 1. The molecular weight excluding hydrogens is 397 g/mol. The average molecular weight is 418 g/mol. The van der Waals surface area contributed by atoms with Crippen molar-refractivity contribution in [1.29, 1.82) is 0 Å². The number of morpholine rings is 1. The Labute approximate surface area is 153 Å². The summed E-state index contributed by atoms with van der Waals surface area (Å²) in [6.45, 7) is 3.92. The molecule has 3 rings (SSSR count). The maximum absolute atomic E-state index is 13.1. The van der Waals surface area contributed by atoms with Crippen molar-refractivity contribution in [3.63, 3.8) is 0 Å². The lowest BCUT2D eigenvalue weighted by Crippen LogP contribution is -2.59. The van der Waals surface area contributed by atoms with Gasteiger partial charge in [-0.2, -0.15) is 11.8 Å². The minimum atomic E-state index is -0.345. The van der Waals surface area contributed by atoms with Gasteiger partial charge < -0.3 is 15.4 Å². The molecule has 2 aliphatic rings. The molecule has 0 saturated carbocycles. The third-order valence-corrected chi connectivity index (χ3v) is 6.41. The summed E-state index contributed by atoms with van der Waals surface area (Å²) in [5, 5.41) is 5.76. The number of ether oxygens (including phenoxy) is 1. The first-order chi connectivity index (χ1) is 11.6. The van der Waals surface area contributed by atoms with Crippen LogP contribution < -0.4 is 10.6 Å². The number of rotatable bonds is 4. The van der Waals surface area contributed by atoms with Crippen LogP contribution in [0.3, 0.4) is 0 Å². The molecule has 1 aromatic rings. The lowest BCUT2D eigenvalue weighted by atomic mass is 9.95. The maximum Gasteiger partial charge on any atom is 0.319 e. The molecule has 8 heteroatoms. The van der Waals surface area contributed by atoms with Gasteiger partial charge in [-0.05, 0) is 46.3 Å². The quantitative estimate of drug-likeness (QED) is 0.790. The molecule has 2 heterocycles. The highest BCUT2D eigenvalue weighted by Crippen LogP contribution is 2.33. The van der Waals surface area contributed by atoms with Crippen LogP contribution in [0, 0.1) is 5.82 Å². The molecule has 2 fully saturated rings. The van der Waals surface area contributed by atoms with E-state index in [1.165, 1.54) is 12.1 Å². The molecule has 0 aromatic heterocycles. The molecule has 0 bridgehead atoms. The summed E-state index contributed by atoms with van der Waals surface area (Å²) < 4.78 is 19.1. The third-order valence-electron chi connectivity index (χ3n) is 4.52. The number of carbonyl (C=O) groups excluding carboxylic acids is 1. The van der Waals surface area contributed by atoms with Gasteiger partial charge in [0.25, 0.3) is 0 Å². The first-order valence-electron chi connectivity index (χ1n) is 8.00. The summed E-state index contributed by atoms with van der Waals surface area (Å²) in [4.78, 5) is 14.7. The minimum absolute atomic E-state index is 0.00577. The molecule has 1 aromatic carbocycles. The normalized spacial score (nSPS) is 24.8. The molecule has 132 valence electrons. The summed E-state index contributed by atoms with van der Waals surface area (Å²) in [7, 11) is 0. The van der Waals surface area contributed by atoms with E-state index in [1.54, 1.807) is 6.07 Å². The fraction of sp³-hybridized carbons (Fsp3) is 0.562. The van der Waals surface area contributed by atoms with E-state index in [0.717, 1.165) is 44.2 Å². The summed E-state index contributed by atoms with van der Waals surface area (Å²) >= 11 is 5.19. The van der Waals surface area contributed by atoms with Crippen LogP contribution in [0.15, 0.2) is 22.7 Å². The highest BCUT2D eigenvalue weighted by Gasteiger charge is 2.40. The van der Waals surface area contributed by atoms with Crippen molar-refractivity contribution in [2.75, 3.05) is 49.7 Å². The Kier molecular flexibility index (Phi) is 6.02. The smallest absolute Gasteiger partial charge is 0.319 e. The SMILES string of the molecule is O=C(NCC1(N2CCOCC2)CCSC1)Nc1ccc(F)cc1Br. The summed E-state index contributed by atoms with van der Waals surface area (Å²) in [5.41, 5.74) is 0.557. The number of urea groups is 1. The fourth-order valence-electron chi connectivity index (χ4n) is 3.14. The molecule has 0 aliphatic carbocycles. The Hall–Kier alpha value is -0.830. The van der Waals surface area contributed by atoms with Gasteiger partial charge in [-0.15, -0.1) is 0 Å². The lowest BCUT2D eigenvalue weighted by Gasteiger charge is -2.43. The predicted molar refractivity (Wildman–Crippen MR) is 98.2 cm³/mol. The summed E-state index contributed by atoms with van der Waals surface area (Å²) in [6, 6.07) is 3.93. The zero-order valence-electron chi connectivity index (χ0n) is 13.3. The minimum Gasteiger partial charge on any atom is -0.379 e. The second-order valence-corrected chi connectivity index (χ2v) is 8.02. The molecular formula is C16H21BrFN3O2S. The number of amides is 2. The Balaban J connectivity index is 1.59. The van der Waals surface area contributed by atoms with Crippen LogP contribution in [0.1, 0.15) is 6.42 Å². The van der Waals surface area contributed by atoms with Gasteiger partial charge in [0.1, 0.15) is 5.82 Å². The molecule has 2 aliphatic heterocycles. The predicted octanol–water partition coefficient (Wildman–Crippen LogP) is 2.92. The third kappa shape index (κ3) is 4.22. The molecule has 1 atom stereocenters. The van der Waals surface area contributed by atoms with E-state index in [2.05, 4.69) is 31.5 Å². The monoisotopic (exact) mass is 417 g/mol. The number of hydrogen-bond donors (Lipinski definition) is 2. The van der Waals surface area contributed by atoms with Gasteiger partial charge in [0.2, 0.25) is 0 Å². The van der Waals surface area contributed by atoms with Gasteiger partial charge in [-0.25, -0.2) is 9.18 Å². The average Bonchev–Trinajstić information content (AvgIpc) is 3.07. The molecule has 2 N–H and O–H groups in total. The molecule has 5 nitrogen and oxygen atoms in total. The van der Waals surface area contributed by atoms with Crippen molar-refractivity contribution in [2.24, 2.45) is 0 Å². The van der Waals surface area contributed by atoms with Gasteiger partial charge in [-0.1, -0.05) is 0 Å². The second kappa shape index (κ2) is 8.03. The van der Waals surface area contributed by atoms with E-state index in [1.807, 2.05) is 11.8 Å². The number of carbonyl (C=O) groups is 1. The Morgan fingerprint density at radius 1 is 1.42 bits per heavy atom. The maximum atomic E-state index is 13.1. The van der Waals surface area contributed by atoms with E-state index in [4.69, 9.17) is 4.74 Å². The van der Waals surface area contributed by atoms with Crippen molar-refractivity contribution in [2.45, 2.75) is 12.0 Å². The number of thioether (sulfide) groups is 1. The summed E-state index contributed by atoms with van der Waals surface area (Å²) in [5.74, 6) is 1.79. The van der Waals surface area contributed by atoms with Gasteiger partial charge in [0.05, 0.1) is 18.9 Å². The topological polar surface area (TPSA) is 53.6 Å². The number of benzene rings is 1. The van der Waals surface area contributed by atoms with Crippen molar-refractivity contribution in [3.05, 3.63) is 28.5 Å². The van der Waals surface area contributed by atoms with Crippen LogP contribution in [-0.2, 0) is 4.74 Å². The van der Waals surface area contributed by atoms with E-state index in [0.29, 0.717) is 16.7 Å². The molecule has 0 spiro atoms. The molecule has 2 amide bonds. The van der Waals surface area contributed by atoms with Gasteiger partial charge in [-0.3, -0.25) is 4.90 Å². The number of hydrogen-bond acceptors (Lipinski definition) is 4. The Morgan fingerprint density at radius 2 is 2.21 bits per heavy atom. The largest absolute Gasteiger partial charge is 0.379 e. The zero-order chi connectivity index (χ0) is 17.0. The standard InChI is InChI=1S/C16H21BrFN3O2S/c17-13-9-12(18)1-2-14(13)20-15(22)19-10-16(3-8-24-11-16)21-4-6-23-7-5-21/h1-2,9H,3-8,10-11H2,(H2,19,20,22). The molecule has 24 heavy (non-hydrogen) atoms. The second-order valence-electron chi connectivity index (χ2n) is 6.06. The van der Waals surface area contributed by atoms with Crippen molar-refractivity contribution < 1.29 is 13.9 Å². The molecule has 1 unspecified atom stereocenters. The zero-order valence-corrected chi connectivity index (χ0v) is 15.7. The molecule has 0 radical (unpaired) electrons. The van der Waals surface area contributed by atoms with E-state index >= 15 is 0 Å². The van der Waals surface area contributed by atoms with Crippen LogP contribution in [0.4, 0.5) is 14.9 Å². The van der Waals surface area contributed by atoms with Gasteiger partial charge in [0.15, 0.2) is 0 Å². The van der Waals surface area contributed by atoms with E-state index in [-0.39, 0.29) is 17.4 Å². The van der Waals surface area contributed by atoms with Gasteiger partial charge >= 0.3 is 6.03 Å². The lowest BCUT2D eigenvalue weighted by molar-refractivity contribution is -0.0123. The van der Waals surface area contributed by atoms with E-state index in [9.17, 15) is 9.18 Å². The van der Waals surface area contributed by atoms with Crippen LogP contribution in [0.5, 0.6) is 0 Å². The number of halogens is 2. The van der Waals surface area contributed by atoms with Crippen LogP contribution >= 0.6 is 27.7 Å². The fourth-order valence-corrected chi connectivity index (χ4v) is 5.06. The summed E-state index contributed by atoms with van der Waals surface area (Å²) in [6.07, 6.45) is 1.07. The van der Waals surface area contributed by atoms with E-state index < -0.39 is 0 Å². The van der Waals surface area contributed by atoms with Crippen molar-refractivity contribution in [3.8, 4) is 0 Å². The molecule has 2 saturated heterocycles. The first-order valence-corrected chi connectivity index (χ1v) is 9.94. The highest BCUT2D eigenvalue weighted by atomic mass is 79.9. The van der Waals surface area contributed by atoms with Gasteiger partial charge in [0, 0.05) is 35.4 Å². The van der Waals surface area contributed by atoms with Crippen molar-refractivity contribution >= 4 is 39.4 Å². The highest BCUT2D eigenvalue weighted by molar-refractivity contribution is 9.10.